The number of ether oxygens (including phenoxy) is 1. The van der Waals surface area contributed by atoms with E-state index in [9.17, 15) is 4.79 Å². The molecule has 0 aromatic heterocycles. The fourth-order valence-electron chi connectivity index (χ4n) is 2.00. The Hall–Kier alpha value is -2.33. The van der Waals surface area contributed by atoms with Crippen LogP contribution >= 0.6 is 0 Å². The third kappa shape index (κ3) is 4.09. The minimum Gasteiger partial charge on any atom is -0.457 e. The molecule has 0 spiro atoms. The van der Waals surface area contributed by atoms with Crippen LogP contribution in [0.15, 0.2) is 48.5 Å². The van der Waals surface area contributed by atoms with Crippen molar-refractivity contribution < 1.29 is 9.53 Å². The summed E-state index contributed by atoms with van der Waals surface area (Å²) in [5, 5.41) is 2.89. The summed E-state index contributed by atoms with van der Waals surface area (Å²) in [4.78, 5) is 11.8. The molecular weight excluding hydrogens is 276 g/mol. The first kappa shape index (κ1) is 16.0. The number of benzene rings is 2. The van der Waals surface area contributed by atoms with Crippen LogP contribution in [0.2, 0.25) is 0 Å². The normalized spacial score (nSPS) is 11.8. The Bertz CT molecular complexity index is 640. The van der Waals surface area contributed by atoms with Crippen molar-refractivity contribution in [3.8, 4) is 11.5 Å². The maximum Gasteiger partial charge on any atom is 0.224 e. The first-order valence-corrected chi connectivity index (χ1v) is 7.41. The number of hydrogen-bond donors (Lipinski definition) is 2. The number of carbonyl (C=O) groups excluding carboxylic acids is 1. The highest BCUT2D eigenvalue weighted by atomic mass is 16.5. The second-order valence-electron chi connectivity index (χ2n) is 5.33. The standard InChI is InChI=1S/C18H22N2O2/c1-13-7-3-5-9-16(13)22-17-10-6-4-8-15(17)12-20-18(21)14(2)11-19/h3-10,14H,11-12,19H2,1-2H3,(H,20,21). The van der Waals surface area contributed by atoms with Gasteiger partial charge in [-0.25, -0.2) is 0 Å². The first-order chi connectivity index (χ1) is 10.6. The average Bonchev–Trinajstić information content (AvgIpc) is 2.55. The first-order valence-electron chi connectivity index (χ1n) is 7.41. The van der Waals surface area contributed by atoms with E-state index in [0.29, 0.717) is 13.1 Å². The van der Waals surface area contributed by atoms with E-state index in [-0.39, 0.29) is 11.8 Å². The number of para-hydroxylation sites is 2. The molecule has 1 unspecified atom stereocenters. The smallest absolute Gasteiger partial charge is 0.224 e. The molecule has 3 N–H and O–H groups in total. The lowest BCUT2D eigenvalue weighted by atomic mass is 10.1. The summed E-state index contributed by atoms with van der Waals surface area (Å²) in [5.74, 6) is 1.33. The number of carbonyl (C=O) groups is 1. The topological polar surface area (TPSA) is 64.3 Å². The predicted molar refractivity (Wildman–Crippen MR) is 87.8 cm³/mol. The van der Waals surface area contributed by atoms with Crippen molar-refractivity contribution >= 4 is 5.91 Å². The van der Waals surface area contributed by atoms with E-state index in [4.69, 9.17) is 10.5 Å². The van der Waals surface area contributed by atoms with E-state index in [1.807, 2.05) is 62.4 Å². The SMILES string of the molecule is Cc1ccccc1Oc1ccccc1CNC(=O)C(C)CN. The van der Waals surface area contributed by atoms with Gasteiger partial charge in [-0.2, -0.15) is 0 Å². The Balaban J connectivity index is 2.10. The van der Waals surface area contributed by atoms with E-state index in [2.05, 4.69) is 5.32 Å². The lowest BCUT2D eigenvalue weighted by Crippen LogP contribution is -2.32. The number of nitrogens with two attached hydrogens (primary N) is 1. The molecule has 116 valence electrons. The molecule has 0 bridgehead atoms. The minimum absolute atomic E-state index is 0.0480. The molecule has 0 aliphatic heterocycles. The second kappa shape index (κ2) is 7.61. The van der Waals surface area contributed by atoms with Crippen LogP contribution in [0.4, 0.5) is 0 Å². The zero-order valence-corrected chi connectivity index (χ0v) is 13.0. The van der Waals surface area contributed by atoms with E-state index < -0.39 is 0 Å². The third-order valence-electron chi connectivity index (χ3n) is 3.54. The lowest BCUT2D eigenvalue weighted by molar-refractivity contribution is -0.124. The van der Waals surface area contributed by atoms with Gasteiger partial charge in [-0.15, -0.1) is 0 Å². The van der Waals surface area contributed by atoms with Crippen molar-refractivity contribution in [2.24, 2.45) is 11.7 Å². The summed E-state index contributed by atoms with van der Waals surface area (Å²) >= 11 is 0. The molecule has 0 radical (unpaired) electrons. The molecule has 0 aliphatic rings. The summed E-state index contributed by atoms with van der Waals surface area (Å²) in [6, 6.07) is 15.5. The summed E-state index contributed by atoms with van der Waals surface area (Å²) in [6.07, 6.45) is 0. The van der Waals surface area contributed by atoms with Crippen molar-refractivity contribution in [1.82, 2.24) is 5.32 Å². The second-order valence-corrected chi connectivity index (χ2v) is 5.33. The Morgan fingerprint density at radius 2 is 1.77 bits per heavy atom. The quantitative estimate of drug-likeness (QED) is 0.861. The van der Waals surface area contributed by atoms with E-state index >= 15 is 0 Å². The fraction of sp³-hybridized carbons (Fsp3) is 0.278. The monoisotopic (exact) mass is 298 g/mol. The summed E-state index contributed by atoms with van der Waals surface area (Å²) in [6.45, 7) is 4.58. The van der Waals surface area contributed by atoms with E-state index in [0.717, 1.165) is 22.6 Å². The van der Waals surface area contributed by atoms with Gasteiger partial charge in [-0.05, 0) is 24.6 Å². The van der Waals surface area contributed by atoms with Crippen LogP contribution < -0.4 is 15.8 Å². The van der Waals surface area contributed by atoms with Crippen LogP contribution in [0, 0.1) is 12.8 Å². The molecule has 2 aromatic carbocycles. The Labute approximate surface area is 131 Å². The van der Waals surface area contributed by atoms with E-state index in [1.165, 1.54) is 0 Å². The number of hydrogen-bond acceptors (Lipinski definition) is 3. The zero-order chi connectivity index (χ0) is 15.9. The number of amides is 1. The van der Waals surface area contributed by atoms with E-state index in [1.54, 1.807) is 0 Å². The maximum atomic E-state index is 11.8. The zero-order valence-electron chi connectivity index (χ0n) is 13.0. The molecule has 2 rings (SSSR count). The summed E-state index contributed by atoms with van der Waals surface area (Å²) in [7, 11) is 0. The molecule has 22 heavy (non-hydrogen) atoms. The third-order valence-corrected chi connectivity index (χ3v) is 3.54. The molecule has 0 fully saturated rings. The van der Waals surface area contributed by atoms with Crippen molar-refractivity contribution in [1.29, 1.82) is 0 Å². The van der Waals surface area contributed by atoms with Gasteiger partial charge in [0.2, 0.25) is 5.91 Å². The van der Waals surface area contributed by atoms with Crippen LogP contribution in [-0.4, -0.2) is 12.5 Å². The van der Waals surface area contributed by atoms with Crippen molar-refractivity contribution in [2.45, 2.75) is 20.4 Å². The molecule has 4 nitrogen and oxygen atoms in total. The van der Waals surface area contributed by atoms with Gasteiger partial charge < -0.3 is 15.8 Å². The minimum atomic E-state index is -0.190. The fourth-order valence-corrected chi connectivity index (χ4v) is 2.00. The van der Waals surface area contributed by atoms with Crippen molar-refractivity contribution in [3.63, 3.8) is 0 Å². The highest BCUT2D eigenvalue weighted by Crippen LogP contribution is 2.27. The van der Waals surface area contributed by atoms with Crippen molar-refractivity contribution in [3.05, 3.63) is 59.7 Å². The largest absolute Gasteiger partial charge is 0.457 e. The molecule has 1 amide bonds. The summed E-state index contributed by atoms with van der Waals surface area (Å²) in [5.41, 5.74) is 7.51. The predicted octanol–water partition coefficient (Wildman–Crippen LogP) is 3.00. The van der Waals surface area contributed by atoms with Gasteiger partial charge in [0.05, 0.1) is 0 Å². The van der Waals surface area contributed by atoms with Crippen LogP contribution in [0.5, 0.6) is 11.5 Å². The Kier molecular flexibility index (Phi) is 5.55. The van der Waals surface area contributed by atoms with Crippen molar-refractivity contribution in [2.75, 3.05) is 6.54 Å². The van der Waals surface area contributed by atoms with Gasteiger partial charge in [0.15, 0.2) is 0 Å². The van der Waals surface area contributed by atoms with Gasteiger partial charge in [-0.3, -0.25) is 4.79 Å². The van der Waals surface area contributed by atoms with Crippen LogP contribution in [0.1, 0.15) is 18.1 Å². The van der Waals surface area contributed by atoms with Gasteiger partial charge >= 0.3 is 0 Å². The average molecular weight is 298 g/mol. The van der Waals surface area contributed by atoms with Crippen LogP contribution in [-0.2, 0) is 11.3 Å². The highest BCUT2D eigenvalue weighted by Gasteiger charge is 2.12. The highest BCUT2D eigenvalue weighted by molar-refractivity contribution is 5.78. The summed E-state index contributed by atoms with van der Waals surface area (Å²) < 4.78 is 5.98. The van der Waals surface area contributed by atoms with Gasteiger partial charge in [0.25, 0.3) is 0 Å². The molecule has 4 heteroatoms. The Morgan fingerprint density at radius 3 is 2.45 bits per heavy atom. The Morgan fingerprint density at radius 1 is 1.14 bits per heavy atom. The molecule has 0 aliphatic carbocycles. The molecular formula is C18H22N2O2. The number of aryl methyl sites for hydroxylation is 1. The van der Waals surface area contributed by atoms with Gasteiger partial charge in [-0.1, -0.05) is 43.3 Å². The molecule has 0 heterocycles. The molecule has 1 atom stereocenters. The lowest BCUT2D eigenvalue weighted by Gasteiger charge is -2.14. The van der Waals surface area contributed by atoms with Gasteiger partial charge in [0, 0.05) is 24.6 Å². The van der Waals surface area contributed by atoms with Crippen LogP contribution in [0.3, 0.4) is 0 Å². The molecule has 2 aromatic rings. The molecule has 0 saturated heterocycles. The number of nitrogens with one attached hydrogen (secondary N) is 1. The molecule has 0 saturated carbocycles. The van der Waals surface area contributed by atoms with Crippen LogP contribution in [0.25, 0.3) is 0 Å². The number of rotatable bonds is 6. The van der Waals surface area contributed by atoms with Gasteiger partial charge in [0.1, 0.15) is 11.5 Å². The maximum absolute atomic E-state index is 11.8.